The van der Waals surface area contributed by atoms with Gasteiger partial charge in [0.15, 0.2) is 0 Å². The quantitative estimate of drug-likeness (QED) is 0.919. The normalized spacial score (nSPS) is 15.0. The van der Waals surface area contributed by atoms with E-state index in [-0.39, 0.29) is 11.8 Å². The van der Waals surface area contributed by atoms with Gasteiger partial charge in [0, 0.05) is 12.3 Å². The van der Waals surface area contributed by atoms with Crippen molar-refractivity contribution in [1.82, 2.24) is 10.2 Å². The summed E-state index contributed by atoms with van der Waals surface area (Å²) in [6, 6.07) is 7.88. The fourth-order valence-electron chi connectivity index (χ4n) is 2.69. The number of aromatic nitrogens is 2. The molecule has 0 bridgehead atoms. The second-order valence-electron chi connectivity index (χ2n) is 5.50. The Labute approximate surface area is 133 Å². The highest BCUT2D eigenvalue weighted by atomic mass is 32.1. The maximum atomic E-state index is 12.1. The molecule has 5 nitrogen and oxygen atoms in total. The van der Waals surface area contributed by atoms with Crippen molar-refractivity contribution in [3.05, 3.63) is 34.8 Å². The number of nitrogens with one attached hydrogen (secondary N) is 1. The third-order valence-corrected chi connectivity index (χ3v) is 4.78. The molecule has 1 fully saturated rings. The van der Waals surface area contributed by atoms with Crippen molar-refractivity contribution in [2.24, 2.45) is 5.92 Å². The van der Waals surface area contributed by atoms with Crippen molar-refractivity contribution < 1.29 is 9.53 Å². The van der Waals surface area contributed by atoms with Crippen LogP contribution in [0.2, 0.25) is 0 Å². The van der Waals surface area contributed by atoms with E-state index in [2.05, 4.69) is 15.5 Å². The van der Waals surface area contributed by atoms with Gasteiger partial charge in [0.2, 0.25) is 11.0 Å². The molecule has 0 spiro atoms. The monoisotopic (exact) mass is 317 g/mol. The molecule has 2 aromatic rings. The van der Waals surface area contributed by atoms with Gasteiger partial charge >= 0.3 is 0 Å². The molecule has 22 heavy (non-hydrogen) atoms. The van der Waals surface area contributed by atoms with Crippen molar-refractivity contribution in [1.29, 1.82) is 0 Å². The summed E-state index contributed by atoms with van der Waals surface area (Å²) in [5, 5.41) is 12.6. The number of hydrogen-bond donors (Lipinski definition) is 1. The van der Waals surface area contributed by atoms with Gasteiger partial charge in [-0.2, -0.15) is 0 Å². The van der Waals surface area contributed by atoms with Crippen molar-refractivity contribution in [2.45, 2.75) is 32.1 Å². The van der Waals surface area contributed by atoms with E-state index in [1.54, 1.807) is 7.11 Å². The van der Waals surface area contributed by atoms with Crippen LogP contribution in [0.1, 0.15) is 36.3 Å². The lowest BCUT2D eigenvalue weighted by molar-refractivity contribution is -0.119. The van der Waals surface area contributed by atoms with Gasteiger partial charge in [-0.05, 0) is 30.5 Å². The highest BCUT2D eigenvalue weighted by molar-refractivity contribution is 7.15. The smallest absolute Gasteiger partial charge is 0.229 e. The van der Waals surface area contributed by atoms with Crippen LogP contribution in [-0.2, 0) is 11.2 Å². The maximum Gasteiger partial charge on any atom is 0.229 e. The summed E-state index contributed by atoms with van der Waals surface area (Å²) >= 11 is 1.44. The van der Waals surface area contributed by atoms with Gasteiger partial charge in [-0.1, -0.05) is 36.3 Å². The highest BCUT2D eigenvalue weighted by Crippen LogP contribution is 2.27. The molecule has 0 unspecified atom stereocenters. The summed E-state index contributed by atoms with van der Waals surface area (Å²) in [6.07, 6.45) is 4.99. The molecule has 1 aliphatic rings. The first-order valence-corrected chi connectivity index (χ1v) is 8.32. The summed E-state index contributed by atoms with van der Waals surface area (Å²) in [6.45, 7) is 0. The molecular formula is C16H19N3O2S. The van der Waals surface area contributed by atoms with E-state index in [4.69, 9.17) is 4.74 Å². The number of rotatable bonds is 5. The lowest BCUT2D eigenvalue weighted by Gasteiger charge is -2.06. The molecule has 0 aliphatic heterocycles. The van der Waals surface area contributed by atoms with Crippen LogP contribution in [0.3, 0.4) is 0 Å². The predicted octanol–water partition coefficient (Wildman–Crippen LogP) is 3.27. The summed E-state index contributed by atoms with van der Waals surface area (Å²) in [5.74, 6) is 1.07. The van der Waals surface area contributed by atoms with E-state index in [0.717, 1.165) is 42.0 Å². The van der Waals surface area contributed by atoms with E-state index >= 15 is 0 Å². The van der Waals surface area contributed by atoms with E-state index in [0.29, 0.717) is 11.6 Å². The Balaban J connectivity index is 1.59. The molecule has 3 rings (SSSR count). The average molecular weight is 317 g/mol. The van der Waals surface area contributed by atoms with Crippen LogP contribution in [-0.4, -0.2) is 23.2 Å². The number of carbonyl (C=O) groups excluding carboxylic acids is 1. The first kappa shape index (κ1) is 15.0. The minimum absolute atomic E-state index is 0.0876. The average Bonchev–Trinajstić information content (AvgIpc) is 3.20. The molecule has 116 valence electrons. The van der Waals surface area contributed by atoms with Crippen LogP contribution < -0.4 is 10.1 Å². The number of amides is 1. The zero-order chi connectivity index (χ0) is 15.4. The zero-order valence-corrected chi connectivity index (χ0v) is 13.4. The lowest BCUT2D eigenvalue weighted by atomic mass is 10.1. The van der Waals surface area contributed by atoms with Crippen molar-refractivity contribution in [2.75, 3.05) is 12.4 Å². The topological polar surface area (TPSA) is 64.1 Å². The fraction of sp³-hybridized carbons (Fsp3) is 0.438. The summed E-state index contributed by atoms with van der Waals surface area (Å²) in [7, 11) is 1.65. The number of carbonyl (C=O) groups is 1. The van der Waals surface area contributed by atoms with Crippen LogP contribution in [0.15, 0.2) is 24.3 Å². The van der Waals surface area contributed by atoms with Crippen LogP contribution in [0.4, 0.5) is 5.13 Å². The third-order valence-electron chi connectivity index (χ3n) is 3.94. The van der Waals surface area contributed by atoms with Crippen molar-refractivity contribution >= 4 is 22.4 Å². The minimum Gasteiger partial charge on any atom is -0.497 e. The molecule has 1 heterocycles. The molecule has 1 amide bonds. The van der Waals surface area contributed by atoms with E-state index in [1.807, 2.05) is 24.3 Å². The number of hydrogen-bond acceptors (Lipinski definition) is 5. The Bertz CT molecular complexity index is 633. The molecule has 0 radical (unpaired) electrons. The van der Waals surface area contributed by atoms with Gasteiger partial charge in [0.25, 0.3) is 0 Å². The Hall–Kier alpha value is -1.95. The van der Waals surface area contributed by atoms with Crippen LogP contribution in [0, 0.1) is 5.92 Å². The number of benzene rings is 1. The number of nitrogens with zero attached hydrogens (tertiary/aromatic N) is 2. The summed E-state index contributed by atoms with van der Waals surface area (Å²) < 4.78 is 5.14. The standard InChI is InChI=1S/C16H19N3O2S/c1-21-13-8-6-11(7-9-13)10-14-18-19-16(22-14)17-15(20)12-4-2-3-5-12/h6-9,12H,2-5,10H2,1H3,(H,17,19,20). The number of anilines is 1. The fourth-order valence-corrected chi connectivity index (χ4v) is 3.47. The summed E-state index contributed by atoms with van der Waals surface area (Å²) in [5.41, 5.74) is 1.14. The van der Waals surface area contributed by atoms with Gasteiger partial charge in [-0.25, -0.2) is 0 Å². The lowest BCUT2D eigenvalue weighted by Crippen LogP contribution is -2.20. The predicted molar refractivity (Wildman–Crippen MR) is 86.3 cm³/mol. The van der Waals surface area contributed by atoms with E-state index in [1.165, 1.54) is 11.3 Å². The largest absolute Gasteiger partial charge is 0.497 e. The molecule has 0 saturated heterocycles. The first-order valence-electron chi connectivity index (χ1n) is 7.51. The molecule has 6 heteroatoms. The van der Waals surface area contributed by atoms with Crippen LogP contribution in [0.5, 0.6) is 5.75 Å². The SMILES string of the molecule is COc1ccc(Cc2nnc(NC(=O)C3CCCC3)s2)cc1. The molecule has 1 N–H and O–H groups in total. The minimum atomic E-state index is 0.0876. The second-order valence-corrected chi connectivity index (χ2v) is 6.56. The van der Waals surface area contributed by atoms with Gasteiger partial charge in [-0.15, -0.1) is 10.2 Å². The Morgan fingerprint density at radius 2 is 2.00 bits per heavy atom. The van der Waals surface area contributed by atoms with Crippen LogP contribution in [0.25, 0.3) is 0 Å². The Morgan fingerprint density at radius 3 is 2.68 bits per heavy atom. The van der Waals surface area contributed by atoms with Crippen molar-refractivity contribution in [3.8, 4) is 5.75 Å². The van der Waals surface area contributed by atoms with Crippen LogP contribution >= 0.6 is 11.3 Å². The molecule has 1 saturated carbocycles. The van der Waals surface area contributed by atoms with Gasteiger partial charge in [-0.3, -0.25) is 4.79 Å². The Morgan fingerprint density at radius 1 is 1.27 bits per heavy atom. The maximum absolute atomic E-state index is 12.1. The van der Waals surface area contributed by atoms with Crippen molar-refractivity contribution in [3.63, 3.8) is 0 Å². The summed E-state index contributed by atoms with van der Waals surface area (Å²) in [4.78, 5) is 12.1. The molecule has 1 aromatic carbocycles. The first-order chi connectivity index (χ1) is 10.7. The number of methoxy groups -OCH3 is 1. The van der Waals surface area contributed by atoms with Gasteiger partial charge in [0.1, 0.15) is 10.8 Å². The van der Waals surface area contributed by atoms with E-state index < -0.39 is 0 Å². The van der Waals surface area contributed by atoms with Gasteiger partial charge < -0.3 is 10.1 Å². The number of ether oxygens (including phenoxy) is 1. The molecule has 0 atom stereocenters. The van der Waals surface area contributed by atoms with Gasteiger partial charge in [0.05, 0.1) is 7.11 Å². The molecule has 1 aromatic heterocycles. The molecular weight excluding hydrogens is 298 g/mol. The Kier molecular flexibility index (Phi) is 4.68. The molecule has 1 aliphatic carbocycles. The zero-order valence-electron chi connectivity index (χ0n) is 12.5. The third kappa shape index (κ3) is 3.62. The second kappa shape index (κ2) is 6.87. The highest BCUT2D eigenvalue weighted by Gasteiger charge is 2.23. The van der Waals surface area contributed by atoms with E-state index in [9.17, 15) is 4.79 Å².